The van der Waals surface area contributed by atoms with Crippen molar-refractivity contribution in [3.63, 3.8) is 0 Å². The molecule has 40 heavy (non-hydrogen) atoms. The molecule has 2 fully saturated rings. The Hall–Kier alpha value is -2.74. The molecule has 1 amide bonds. The number of hydrogen-bond donors (Lipinski definition) is 0. The Morgan fingerprint density at radius 3 is 2.70 bits per heavy atom. The third-order valence-electron chi connectivity index (χ3n) is 8.19. The highest BCUT2D eigenvalue weighted by Gasteiger charge is 2.53. The van der Waals surface area contributed by atoms with E-state index in [1.54, 1.807) is 0 Å². The van der Waals surface area contributed by atoms with Crippen molar-refractivity contribution in [2.24, 2.45) is 11.8 Å². The van der Waals surface area contributed by atoms with Gasteiger partial charge in [-0.1, -0.05) is 11.6 Å². The predicted octanol–water partition coefficient (Wildman–Crippen LogP) is 6.62. The third kappa shape index (κ3) is 7.31. The molecule has 1 aromatic carbocycles. The fourth-order valence-corrected chi connectivity index (χ4v) is 6.15. The number of piperidine rings is 1. The zero-order valence-electron chi connectivity index (χ0n) is 25.3. The van der Waals surface area contributed by atoms with Crippen molar-refractivity contribution in [3.8, 4) is 11.5 Å². The lowest BCUT2D eigenvalue weighted by Crippen LogP contribution is -2.57. The van der Waals surface area contributed by atoms with Gasteiger partial charge in [-0.25, -0.2) is 4.79 Å². The summed E-state index contributed by atoms with van der Waals surface area (Å²) in [6.07, 6.45) is 6.42. The first kappa shape index (κ1) is 30.2. The van der Waals surface area contributed by atoms with E-state index < -0.39 is 11.2 Å². The van der Waals surface area contributed by atoms with Crippen molar-refractivity contribution >= 4 is 12.1 Å². The van der Waals surface area contributed by atoms with E-state index in [2.05, 4.69) is 32.9 Å². The first-order valence-corrected chi connectivity index (χ1v) is 14.7. The van der Waals surface area contributed by atoms with Gasteiger partial charge in [0.2, 0.25) is 0 Å². The lowest BCUT2D eigenvalue weighted by atomic mass is 9.68. The summed E-state index contributed by atoms with van der Waals surface area (Å²) in [6, 6.07) is 5.99. The number of fused-ring (bicyclic) bond motifs is 4. The summed E-state index contributed by atoms with van der Waals surface area (Å²) in [5, 5.41) is 0. The number of methoxy groups -OCH3 is 1. The molecule has 0 bridgehead atoms. The maximum Gasteiger partial charge on any atom is 0.410 e. The van der Waals surface area contributed by atoms with E-state index in [1.807, 2.05) is 37.8 Å². The van der Waals surface area contributed by atoms with Crippen molar-refractivity contribution < 1.29 is 33.3 Å². The van der Waals surface area contributed by atoms with Gasteiger partial charge in [0, 0.05) is 43.0 Å². The van der Waals surface area contributed by atoms with E-state index in [1.165, 1.54) is 12.7 Å². The SMILES string of the molecule is COC(=O)CCCOc1ccc2c(c1)O[C@@](C)(CCC=C(C)C)[C@H]1C[C@H]3CN(C(=O)OC(C)(C)C)CC[C@@H]3O[C@H]21. The summed E-state index contributed by atoms with van der Waals surface area (Å²) in [6.45, 7) is 13.8. The number of likely N-dealkylation sites (tertiary alicyclic amines) is 1. The number of rotatable bonds is 8. The number of nitrogens with zero attached hydrogens (tertiary/aromatic N) is 1. The molecule has 0 saturated carbocycles. The second-order valence-electron chi connectivity index (χ2n) is 12.9. The Kier molecular flexibility index (Phi) is 9.38. The monoisotopic (exact) mass is 557 g/mol. The molecule has 5 atom stereocenters. The van der Waals surface area contributed by atoms with Gasteiger partial charge in [-0.3, -0.25) is 4.79 Å². The number of hydrogen-bond acceptors (Lipinski definition) is 7. The van der Waals surface area contributed by atoms with Crippen LogP contribution in [0.4, 0.5) is 4.79 Å². The maximum atomic E-state index is 12.8. The smallest absolute Gasteiger partial charge is 0.410 e. The van der Waals surface area contributed by atoms with Gasteiger partial charge in [0.05, 0.1) is 25.9 Å². The van der Waals surface area contributed by atoms with Gasteiger partial charge in [0.25, 0.3) is 0 Å². The van der Waals surface area contributed by atoms with Gasteiger partial charge < -0.3 is 28.6 Å². The van der Waals surface area contributed by atoms with Gasteiger partial charge in [-0.15, -0.1) is 0 Å². The van der Waals surface area contributed by atoms with E-state index in [0.29, 0.717) is 38.3 Å². The molecule has 4 rings (SSSR count). The molecule has 0 unspecified atom stereocenters. The standard InChI is InChI=1S/C32H47NO7/c1-21(2)10-8-15-32(6)25-18-22-20-33(30(35)40-31(3,4)5)16-14-26(22)38-29(25)24-13-12-23(19-27(24)39-32)37-17-9-11-28(34)36-7/h10,12-13,19,22,25-26,29H,8-9,11,14-18,20H2,1-7H3/t22-,25-,26-,29+,32-/m0/s1. The molecule has 222 valence electrons. The molecule has 0 radical (unpaired) electrons. The van der Waals surface area contributed by atoms with E-state index in [4.69, 9.17) is 23.7 Å². The Bertz CT molecular complexity index is 1090. The van der Waals surface area contributed by atoms with Crippen molar-refractivity contribution in [2.45, 2.75) is 103 Å². The average Bonchev–Trinajstić information content (AvgIpc) is 2.88. The van der Waals surface area contributed by atoms with Crippen LogP contribution in [-0.2, 0) is 19.0 Å². The molecule has 0 aromatic heterocycles. The number of allylic oxidation sites excluding steroid dienone is 2. The van der Waals surface area contributed by atoms with Gasteiger partial charge in [0.1, 0.15) is 22.7 Å². The fraction of sp³-hybridized carbons (Fsp3) is 0.688. The van der Waals surface area contributed by atoms with Crippen molar-refractivity contribution in [1.82, 2.24) is 4.90 Å². The number of benzene rings is 1. The molecular formula is C32H47NO7. The number of esters is 1. The van der Waals surface area contributed by atoms with Gasteiger partial charge in [-0.05, 0) is 85.8 Å². The Morgan fingerprint density at radius 1 is 1.23 bits per heavy atom. The summed E-state index contributed by atoms with van der Waals surface area (Å²) in [5.41, 5.74) is 1.39. The Balaban J connectivity index is 1.53. The van der Waals surface area contributed by atoms with Crippen LogP contribution in [0.2, 0.25) is 0 Å². The van der Waals surface area contributed by atoms with Crippen LogP contribution in [0, 0.1) is 11.8 Å². The van der Waals surface area contributed by atoms with Crippen LogP contribution in [0.25, 0.3) is 0 Å². The van der Waals surface area contributed by atoms with Gasteiger partial charge in [-0.2, -0.15) is 0 Å². The number of amides is 1. The fourth-order valence-electron chi connectivity index (χ4n) is 6.15. The average molecular weight is 558 g/mol. The molecule has 1 aromatic rings. The highest BCUT2D eigenvalue weighted by Crippen LogP contribution is 2.55. The van der Waals surface area contributed by atoms with Crippen LogP contribution in [-0.4, -0.2) is 61.1 Å². The van der Waals surface area contributed by atoms with E-state index >= 15 is 0 Å². The molecule has 8 heteroatoms. The summed E-state index contributed by atoms with van der Waals surface area (Å²) in [4.78, 5) is 26.1. The summed E-state index contributed by atoms with van der Waals surface area (Å²) in [7, 11) is 1.39. The molecule has 2 saturated heterocycles. The lowest BCUT2D eigenvalue weighted by Gasteiger charge is -2.54. The summed E-state index contributed by atoms with van der Waals surface area (Å²) >= 11 is 0. The van der Waals surface area contributed by atoms with Crippen molar-refractivity contribution in [3.05, 3.63) is 35.4 Å². The molecule has 0 N–H and O–H groups in total. The van der Waals surface area contributed by atoms with Crippen LogP contribution >= 0.6 is 0 Å². The number of ether oxygens (including phenoxy) is 5. The van der Waals surface area contributed by atoms with E-state index in [0.717, 1.165) is 37.0 Å². The zero-order chi connectivity index (χ0) is 29.1. The highest BCUT2D eigenvalue weighted by molar-refractivity contribution is 5.69. The first-order chi connectivity index (χ1) is 18.9. The second kappa shape index (κ2) is 12.4. The highest BCUT2D eigenvalue weighted by atomic mass is 16.6. The largest absolute Gasteiger partial charge is 0.493 e. The summed E-state index contributed by atoms with van der Waals surface area (Å²) < 4.78 is 30.0. The molecule has 8 nitrogen and oxygen atoms in total. The van der Waals surface area contributed by atoms with Crippen molar-refractivity contribution in [2.75, 3.05) is 26.8 Å². The first-order valence-electron chi connectivity index (χ1n) is 14.7. The summed E-state index contributed by atoms with van der Waals surface area (Å²) in [5.74, 6) is 1.66. The Labute approximate surface area is 239 Å². The molecular weight excluding hydrogens is 510 g/mol. The van der Waals surface area contributed by atoms with Crippen LogP contribution in [0.1, 0.15) is 91.7 Å². The van der Waals surface area contributed by atoms with Gasteiger partial charge in [0.15, 0.2) is 0 Å². The van der Waals surface area contributed by atoms with Gasteiger partial charge >= 0.3 is 12.1 Å². The lowest BCUT2D eigenvalue weighted by molar-refractivity contribution is -0.191. The van der Waals surface area contributed by atoms with E-state index in [-0.39, 0.29) is 36.1 Å². The normalized spacial score (nSPS) is 27.3. The minimum absolute atomic E-state index is 0.0804. The molecule has 3 heterocycles. The topological polar surface area (TPSA) is 83.5 Å². The minimum Gasteiger partial charge on any atom is -0.493 e. The van der Waals surface area contributed by atoms with Crippen LogP contribution in [0.3, 0.4) is 0 Å². The molecule has 3 aliphatic heterocycles. The van der Waals surface area contributed by atoms with Crippen LogP contribution in [0.5, 0.6) is 11.5 Å². The van der Waals surface area contributed by atoms with Crippen LogP contribution < -0.4 is 9.47 Å². The number of carbonyl (C=O) groups excluding carboxylic acids is 2. The zero-order valence-corrected chi connectivity index (χ0v) is 25.3. The van der Waals surface area contributed by atoms with Crippen LogP contribution in [0.15, 0.2) is 29.8 Å². The molecule has 3 aliphatic rings. The molecule has 0 spiro atoms. The van der Waals surface area contributed by atoms with E-state index in [9.17, 15) is 9.59 Å². The second-order valence-corrected chi connectivity index (χ2v) is 12.9. The third-order valence-corrected chi connectivity index (χ3v) is 8.19. The van der Waals surface area contributed by atoms with Crippen molar-refractivity contribution in [1.29, 1.82) is 0 Å². The minimum atomic E-state index is -0.517. The number of carbonyl (C=O) groups is 2. The quantitative estimate of drug-likeness (QED) is 0.202. The molecule has 0 aliphatic carbocycles. The Morgan fingerprint density at radius 2 is 2.00 bits per heavy atom. The maximum absolute atomic E-state index is 12.8. The predicted molar refractivity (Wildman–Crippen MR) is 153 cm³/mol.